The van der Waals surface area contributed by atoms with E-state index in [1.807, 2.05) is 0 Å². The van der Waals surface area contributed by atoms with Gasteiger partial charge in [-0.2, -0.15) is 15.6 Å². The summed E-state index contributed by atoms with van der Waals surface area (Å²) in [4.78, 5) is 53.0. The van der Waals surface area contributed by atoms with E-state index in [1.165, 1.54) is 0 Å². The first-order valence-electron chi connectivity index (χ1n) is 1.88. The number of phosphoric acid groups is 2. The SMILES string of the molecule is O=P([O-])([O-])[O-].O=P([O-])([O-])[O-].[Mn+2].[Mn+2].[Mn+2].[N-]=[N+]=N. The fourth-order valence-corrected chi connectivity index (χ4v) is 0. The number of nitrogens with zero attached hydrogens (tertiary/aromatic N) is 2. The quantitative estimate of drug-likeness (QED) is 0.136. The molecule has 0 saturated carbocycles. The second-order valence-electron chi connectivity index (χ2n) is 0.994. The third kappa shape index (κ3) is 2530. The van der Waals surface area contributed by atoms with E-state index in [1.54, 1.807) is 4.91 Å². The van der Waals surface area contributed by atoms with Crippen LogP contribution in [0.4, 0.5) is 0 Å². The van der Waals surface area contributed by atoms with Crippen molar-refractivity contribution in [1.29, 1.82) is 5.53 Å². The van der Waals surface area contributed by atoms with E-state index in [0.29, 0.717) is 0 Å². The fraction of sp³-hybridized carbons (Fsp3) is 0. The van der Waals surface area contributed by atoms with Crippen molar-refractivity contribution in [2.45, 2.75) is 0 Å². The Labute approximate surface area is 121 Å². The van der Waals surface area contributed by atoms with E-state index in [9.17, 15) is 0 Å². The minimum Gasteiger partial charge on any atom is -0.822 e. The molecule has 0 saturated heterocycles. The molecule has 0 atom stereocenters. The molecule has 0 aromatic heterocycles. The minimum atomic E-state index is -5.39. The predicted molar refractivity (Wildman–Crippen MR) is 24.7 cm³/mol. The smallest absolute Gasteiger partial charge is 0.822 e. The molecule has 0 unspecified atom stereocenters. The molecule has 0 spiro atoms. The van der Waals surface area contributed by atoms with Gasteiger partial charge >= 0.3 is 51.2 Å². The molecule has 3 radical (unpaired) electrons. The van der Waals surface area contributed by atoms with Gasteiger partial charge in [-0.15, -0.1) is 5.53 Å². The van der Waals surface area contributed by atoms with Crippen molar-refractivity contribution in [2.24, 2.45) is 0 Å². The first kappa shape index (κ1) is 36.0. The van der Waals surface area contributed by atoms with Crippen LogP contribution in [0.15, 0.2) is 0 Å². The molecule has 0 aromatic rings. The molecule has 11 nitrogen and oxygen atoms in total. The van der Waals surface area contributed by atoms with Crippen LogP contribution in [0.3, 0.4) is 0 Å². The van der Waals surface area contributed by atoms with Crippen molar-refractivity contribution in [3.8, 4) is 0 Å². The summed E-state index contributed by atoms with van der Waals surface area (Å²) in [5.41, 5.74) is 12.2. The summed E-state index contributed by atoms with van der Waals surface area (Å²) in [5.74, 6) is 0. The summed E-state index contributed by atoms with van der Waals surface area (Å²) < 4.78 is 17.1. The second-order valence-corrected chi connectivity index (χ2v) is 2.78. The van der Waals surface area contributed by atoms with Crippen LogP contribution < -0.4 is 29.4 Å². The van der Waals surface area contributed by atoms with Crippen LogP contribution in [-0.2, 0) is 60.3 Å². The average molecular weight is 398 g/mol. The van der Waals surface area contributed by atoms with Gasteiger partial charge in [-0.05, 0) is 10.4 Å². The molecule has 0 heterocycles. The Morgan fingerprint density at radius 1 is 0.812 bits per heavy atom. The number of rotatable bonds is 0. The van der Waals surface area contributed by atoms with Crippen LogP contribution in [-0.4, -0.2) is 0 Å². The van der Waals surface area contributed by atoms with Crippen LogP contribution in [0.25, 0.3) is 10.4 Å². The molecule has 95 valence electrons. The molecule has 0 aromatic carbocycles. The average Bonchev–Trinajstić information content (AvgIpc) is 1.52. The Bertz CT molecular complexity index is 202. The Hall–Kier alpha value is 1.09. The first-order valence-corrected chi connectivity index (χ1v) is 4.81. The predicted octanol–water partition coefficient (Wildman–Crippen LogP) is -4.78. The molecule has 16 heteroatoms. The molecule has 0 aliphatic carbocycles. The molecule has 0 rings (SSSR count). The van der Waals surface area contributed by atoms with Crippen molar-refractivity contribution < 1.29 is 89.7 Å². The van der Waals surface area contributed by atoms with Crippen LogP contribution in [0, 0.1) is 5.53 Å². The van der Waals surface area contributed by atoms with E-state index in [2.05, 4.69) is 0 Å². The molecular formula is HMn3N3O8P2. The van der Waals surface area contributed by atoms with Crippen LogP contribution >= 0.6 is 15.6 Å². The summed E-state index contributed by atoms with van der Waals surface area (Å²) in [6.07, 6.45) is 0. The molecular weight excluding hydrogens is 397 g/mol. The number of hydrogen-bond donors (Lipinski definition) is 1. The Morgan fingerprint density at radius 2 is 0.812 bits per heavy atom. The molecule has 0 amide bonds. The molecule has 1 N–H and O–H groups in total. The Balaban J connectivity index is -0.0000000220. The third-order valence-corrected chi connectivity index (χ3v) is 0. The summed E-state index contributed by atoms with van der Waals surface area (Å²) in [7, 11) is -10.8. The number of nitrogens with one attached hydrogen (secondary N) is 1. The van der Waals surface area contributed by atoms with Crippen LogP contribution in [0.1, 0.15) is 0 Å². The van der Waals surface area contributed by atoms with E-state index in [0.717, 1.165) is 0 Å². The summed E-state index contributed by atoms with van der Waals surface area (Å²) >= 11 is 0. The zero-order chi connectivity index (χ0) is 11.7. The van der Waals surface area contributed by atoms with Gasteiger partial charge in [-0.3, -0.25) is 0 Å². The van der Waals surface area contributed by atoms with Gasteiger partial charge in [0.1, 0.15) is 0 Å². The first-order chi connectivity index (χ1) is 5.41. The topological polar surface area (TPSA) is 233 Å². The zero-order valence-electron chi connectivity index (χ0n) is 6.69. The van der Waals surface area contributed by atoms with E-state index >= 15 is 0 Å². The van der Waals surface area contributed by atoms with Crippen LogP contribution in [0.5, 0.6) is 0 Å². The van der Waals surface area contributed by atoms with Crippen molar-refractivity contribution in [1.82, 2.24) is 0 Å². The Morgan fingerprint density at radius 3 is 0.812 bits per heavy atom. The Kier molecular flexibility index (Phi) is 41.5. The minimum absolute atomic E-state index is 0. The maximum atomic E-state index is 8.55. The van der Waals surface area contributed by atoms with E-state index in [4.69, 9.17) is 49.6 Å². The van der Waals surface area contributed by atoms with Crippen molar-refractivity contribution >= 4 is 15.6 Å². The number of hydrogen-bond acceptors (Lipinski definition) is 9. The van der Waals surface area contributed by atoms with Crippen molar-refractivity contribution in [2.75, 3.05) is 0 Å². The van der Waals surface area contributed by atoms with E-state index in [-0.39, 0.29) is 51.2 Å². The van der Waals surface area contributed by atoms with Gasteiger partial charge in [0.15, 0.2) is 0 Å². The fourth-order valence-electron chi connectivity index (χ4n) is 0. The summed E-state index contributed by atoms with van der Waals surface area (Å²) in [6, 6.07) is 0. The molecule has 0 aliphatic rings. The van der Waals surface area contributed by atoms with Gasteiger partial charge in [0, 0.05) is 0 Å². The third-order valence-electron chi connectivity index (χ3n) is 0. The van der Waals surface area contributed by atoms with Crippen molar-refractivity contribution in [3.63, 3.8) is 0 Å². The van der Waals surface area contributed by atoms with Crippen molar-refractivity contribution in [3.05, 3.63) is 10.4 Å². The standard InChI is InChI=1S/3Mn.HN3.2H3O4P/c;;;1-3-2;2*1-5(2,3)4/h;;;1H;2*(H3,1,2,3,4)/q3*+2;;;/p-6. The molecule has 0 fully saturated rings. The van der Waals surface area contributed by atoms with Gasteiger partial charge in [0.25, 0.3) is 0 Å². The molecule has 16 heavy (non-hydrogen) atoms. The van der Waals surface area contributed by atoms with E-state index < -0.39 is 15.6 Å². The summed E-state index contributed by atoms with van der Waals surface area (Å²) in [5, 5.41) is 0. The second kappa shape index (κ2) is 18.5. The van der Waals surface area contributed by atoms with Gasteiger partial charge in [-0.1, -0.05) is 0 Å². The normalized spacial score (nSPS) is 7.88. The maximum absolute atomic E-state index is 8.55. The monoisotopic (exact) mass is 398 g/mol. The van der Waals surface area contributed by atoms with Gasteiger partial charge in [-0.25, -0.2) is 0 Å². The van der Waals surface area contributed by atoms with Gasteiger partial charge in [0.2, 0.25) is 0 Å². The van der Waals surface area contributed by atoms with Gasteiger partial charge < -0.3 is 38.5 Å². The van der Waals surface area contributed by atoms with Crippen LogP contribution in [0.2, 0.25) is 0 Å². The molecule has 0 bridgehead atoms. The molecule has 0 aliphatic heterocycles. The largest absolute Gasteiger partial charge is 2.00 e. The zero-order valence-corrected chi connectivity index (χ0v) is 12.0. The maximum Gasteiger partial charge on any atom is 2.00 e. The van der Waals surface area contributed by atoms with Gasteiger partial charge in [0.05, 0.1) is 0 Å². The summed E-state index contributed by atoms with van der Waals surface area (Å²) in [6.45, 7) is 0.